The van der Waals surface area contributed by atoms with Crippen molar-refractivity contribution < 1.29 is 18.7 Å². The fourth-order valence-electron chi connectivity index (χ4n) is 3.67. The number of para-hydroxylation sites is 1. The lowest BCUT2D eigenvalue weighted by molar-refractivity contribution is -0.119. The summed E-state index contributed by atoms with van der Waals surface area (Å²) >= 11 is 6.12. The monoisotopic (exact) mass is 502 g/mol. The summed E-state index contributed by atoms with van der Waals surface area (Å²) in [6.07, 6.45) is 1.49. The van der Waals surface area contributed by atoms with Gasteiger partial charge in [0, 0.05) is 10.4 Å². The van der Waals surface area contributed by atoms with Crippen molar-refractivity contribution in [2.75, 3.05) is 13.7 Å². The summed E-state index contributed by atoms with van der Waals surface area (Å²) < 4.78 is 17.9. The molecule has 0 aliphatic heterocycles. The summed E-state index contributed by atoms with van der Waals surface area (Å²) in [5.41, 5.74) is 6.51. The third kappa shape index (κ3) is 4.51. The molecule has 3 aromatic carbocycles. The lowest BCUT2D eigenvalue weighted by atomic mass is 10.2. The van der Waals surface area contributed by atoms with Gasteiger partial charge in [-0.2, -0.15) is 9.78 Å². The van der Waals surface area contributed by atoms with Crippen molar-refractivity contribution in [2.45, 2.75) is 0 Å². The molecule has 0 unspecified atom stereocenters. The second-order valence-electron chi connectivity index (χ2n) is 7.77. The molecule has 10 heteroatoms. The Kier molecular flexibility index (Phi) is 6.14. The van der Waals surface area contributed by atoms with E-state index in [1.54, 1.807) is 66.7 Å². The maximum absolute atomic E-state index is 13.4. The second kappa shape index (κ2) is 9.55. The van der Waals surface area contributed by atoms with Crippen molar-refractivity contribution in [3.05, 3.63) is 87.7 Å². The smallest absolute Gasteiger partial charge is 0.282 e. The zero-order valence-corrected chi connectivity index (χ0v) is 19.7. The number of furan rings is 1. The number of halogens is 1. The van der Waals surface area contributed by atoms with E-state index in [0.717, 1.165) is 5.39 Å². The molecule has 0 aliphatic rings. The molecule has 0 bridgehead atoms. The Morgan fingerprint density at radius 1 is 1.14 bits per heavy atom. The first-order chi connectivity index (χ1) is 17.4. The number of hydrogen-bond acceptors (Lipinski definition) is 7. The Balaban J connectivity index is 1.61. The number of hydrogen-bond donors (Lipinski definition) is 1. The Bertz CT molecular complexity index is 1710. The van der Waals surface area contributed by atoms with Crippen molar-refractivity contribution in [3.8, 4) is 23.1 Å². The minimum atomic E-state index is -0.605. The van der Waals surface area contributed by atoms with Gasteiger partial charge < -0.3 is 19.6 Å². The molecule has 0 spiro atoms. The number of methoxy groups -OCH3 is 1. The van der Waals surface area contributed by atoms with E-state index in [4.69, 9.17) is 31.2 Å². The number of aromatic nitrogens is 2. The first kappa shape index (κ1) is 23.1. The number of nitrogens with zero attached hydrogens (tertiary/aromatic N) is 3. The van der Waals surface area contributed by atoms with Crippen molar-refractivity contribution >= 4 is 45.6 Å². The number of primary amides is 1. The zero-order chi connectivity index (χ0) is 25.2. The van der Waals surface area contributed by atoms with E-state index in [0.29, 0.717) is 44.3 Å². The number of carbonyl (C=O) groups is 1. The number of rotatable bonds is 7. The van der Waals surface area contributed by atoms with E-state index >= 15 is 0 Å². The number of carbonyl (C=O) groups excluding carboxylic acids is 1. The van der Waals surface area contributed by atoms with Crippen LogP contribution in [0, 0.1) is 0 Å². The van der Waals surface area contributed by atoms with Crippen molar-refractivity contribution in [2.24, 2.45) is 10.8 Å². The fraction of sp³-hybridized carbons (Fsp3) is 0.0769. The molecule has 2 N–H and O–H groups in total. The van der Waals surface area contributed by atoms with Crippen LogP contribution in [0.5, 0.6) is 11.5 Å². The highest BCUT2D eigenvalue weighted by molar-refractivity contribution is 6.31. The third-order valence-electron chi connectivity index (χ3n) is 5.33. The molecule has 0 atom stereocenters. The highest BCUT2D eigenvalue weighted by atomic mass is 35.5. The lowest BCUT2D eigenvalue weighted by Gasteiger charge is -2.10. The van der Waals surface area contributed by atoms with Crippen LogP contribution in [0.3, 0.4) is 0 Å². The van der Waals surface area contributed by atoms with Crippen LogP contribution in [0.1, 0.15) is 5.56 Å². The minimum Gasteiger partial charge on any atom is -0.493 e. The molecule has 0 aliphatic carbocycles. The topological polar surface area (TPSA) is 122 Å². The Labute approximate surface area is 209 Å². The van der Waals surface area contributed by atoms with Gasteiger partial charge in [0.05, 0.1) is 24.2 Å². The van der Waals surface area contributed by atoms with Gasteiger partial charge in [0.25, 0.3) is 11.5 Å². The van der Waals surface area contributed by atoms with Crippen LogP contribution >= 0.6 is 11.6 Å². The summed E-state index contributed by atoms with van der Waals surface area (Å²) in [6, 6.07) is 19.0. The van der Waals surface area contributed by atoms with Crippen LogP contribution in [0.15, 0.2) is 81.0 Å². The minimum absolute atomic E-state index is 0.232. The number of fused-ring (bicyclic) bond motifs is 2. The van der Waals surface area contributed by atoms with Gasteiger partial charge >= 0.3 is 0 Å². The van der Waals surface area contributed by atoms with Crippen LogP contribution in [-0.2, 0) is 4.79 Å². The van der Waals surface area contributed by atoms with Crippen LogP contribution in [0.25, 0.3) is 33.5 Å². The number of nitrogens with two attached hydrogens (primary N) is 1. The first-order valence-corrected chi connectivity index (χ1v) is 11.2. The Morgan fingerprint density at radius 3 is 2.78 bits per heavy atom. The molecule has 5 rings (SSSR count). The summed E-state index contributed by atoms with van der Waals surface area (Å²) in [4.78, 5) is 29.1. The Morgan fingerprint density at radius 2 is 1.97 bits per heavy atom. The highest BCUT2D eigenvalue weighted by Crippen LogP contribution is 2.30. The van der Waals surface area contributed by atoms with Crippen LogP contribution in [-0.4, -0.2) is 35.5 Å². The number of benzene rings is 3. The van der Waals surface area contributed by atoms with Gasteiger partial charge in [-0.1, -0.05) is 23.7 Å². The molecule has 9 nitrogen and oxygen atoms in total. The van der Waals surface area contributed by atoms with Gasteiger partial charge in [0.15, 0.2) is 23.9 Å². The predicted molar refractivity (Wildman–Crippen MR) is 137 cm³/mol. The molecule has 36 heavy (non-hydrogen) atoms. The van der Waals surface area contributed by atoms with E-state index in [2.05, 4.69) is 10.1 Å². The van der Waals surface area contributed by atoms with Gasteiger partial charge in [0.2, 0.25) is 5.82 Å². The maximum Gasteiger partial charge on any atom is 0.282 e. The van der Waals surface area contributed by atoms with Gasteiger partial charge in [-0.05, 0) is 60.2 Å². The molecule has 1 amide bonds. The van der Waals surface area contributed by atoms with E-state index in [9.17, 15) is 9.59 Å². The molecule has 0 radical (unpaired) electrons. The molecular formula is C26H19ClN4O5. The number of ether oxygens (including phenoxy) is 2. The summed E-state index contributed by atoms with van der Waals surface area (Å²) in [5, 5.41) is 6.17. The van der Waals surface area contributed by atoms with Gasteiger partial charge in [-0.3, -0.25) is 9.59 Å². The van der Waals surface area contributed by atoms with Crippen molar-refractivity contribution in [1.82, 2.24) is 9.66 Å². The lowest BCUT2D eigenvalue weighted by Crippen LogP contribution is -2.20. The average Bonchev–Trinajstić information content (AvgIpc) is 3.30. The molecule has 0 saturated heterocycles. The van der Waals surface area contributed by atoms with Crippen LogP contribution in [0.2, 0.25) is 5.02 Å². The molecule has 2 aromatic heterocycles. The predicted octanol–water partition coefficient (Wildman–Crippen LogP) is 4.22. The number of amides is 1. The summed E-state index contributed by atoms with van der Waals surface area (Å²) in [5.74, 6) is 0.708. The largest absolute Gasteiger partial charge is 0.493 e. The van der Waals surface area contributed by atoms with E-state index in [1.807, 2.05) is 0 Å². The van der Waals surface area contributed by atoms with E-state index in [1.165, 1.54) is 18.0 Å². The third-order valence-corrected chi connectivity index (χ3v) is 5.57. The highest BCUT2D eigenvalue weighted by Gasteiger charge is 2.17. The van der Waals surface area contributed by atoms with E-state index < -0.39 is 5.91 Å². The van der Waals surface area contributed by atoms with Crippen molar-refractivity contribution in [1.29, 1.82) is 0 Å². The Hall–Kier alpha value is -4.63. The van der Waals surface area contributed by atoms with Gasteiger partial charge in [0.1, 0.15) is 5.58 Å². The molecule has 0 fully saturated rings. The van der Waals surface area contributed by atoms with Crippen LogP contribution in [0.4, 0.5) is 0 Å². The zero-order valence-electron chi connectivity index (χ0n) is 19.0. The average molecular weight is 503 g/mol. The van der Waals surface area contributed by atoms with Gasteiger partial charge in [-0.25, -0.2) is 4.98 Å². The first-order valence-electron chi connectivity index (χ1n) is 10.8. The molecule has 180 valence electrons. The molecule has 2 heterocycles. The molecule has 5 aromatic rings. The summed E-state index contributed by atoms with van der Waals surface area (Å²) in [7, 11) is 1.47. The maximum atomic E-state index is 13.4. The van der Waals surface area contributed by atoms with Crippen molar-refractivity contribution in [3.63, 3.8) is 0 Å². The molecular weight excluding hydrogens is 484 g/mol. The van der Waals surface area contributed by atoms with E-state index in [-0.39, 0.29) is 18.0 Å². The standard InChI is InChI=1S/C26H19ClN4O5/c1-34-22-10-15(6-8-21(22)35-14-24(28)32)13-29-31-25(30-19-5-3-2-4-18(19)26(31)33)23-12-16-11-17(27)7-9-20(16)36-23/h2-13H,14H2,1H3,(H2,28,32). The van der Waals surface area contributed by atoms with Gasteiger partial charge in [-0.15, -0.1) is 0 Å². The summed E-state index contributed by atoms with van der Waals surface area (Å²) in [6.45, 7) is -0.284. The quantitative estimate of drug-likeness (QED) is 0.332. The molecule has 0 saturated carbocycles. The fourth-order valence-corrected chi connectivity index (χ4v) is 3.85. The SMILES string of the molecule is COc1cc(C=Nn2c(-c3cc4cc(Cl)ccc4o3)nc3ccccc3c2=O)ccc1OCC(N)=O. The normalized spacial score (nSPS) is 11.4. The van der Waals surface area contributed by atoms with Crippen LogP contribution < -0.4 is 20.8 Å². The second-order valence-corrected chi connectivity index (χ2v) is 8.21.